The van der Waals surface area contributed by atoms with E-state index in [0.717, 1.165) is 22.0 Å². The van der Waals surface area contributed by atoms with Crippen molar-refractivity contribution in [3.63, 3.8) is 0 Å². The predicted octanol–water partition coefficient (Wildman–Crippen LogP) is 4.54. The van der Waals surface area contributed by atoms with E-state index >= 15 is 0 Å². The van der Waals surface area contributed by atoms with Crippen LogP contribution in [0.1, 0.15) is 31.0 Å². The number of benzene rings is 2. The minimum absolute atomic E-state index is 0.0385. The molecule has 1 heterocycles. The molecule has 0 atom stereocenters. The second kappa shape index (κ2) is 6.10. The highest BCUT2D eigenvalue weighted by Crippen LogP contribution is 2.35. The molecule has 0 fully saturated rings. The lowest BCUT2D eigenvalue weighted by Gasteiger charge is -2.08. The summed E-state index contributed by atoms with van der Waals surface area (Å²) in [5.41, 5.74) is 3.12. The first-order valence-electron chi connectivity index (χ1n) is 7.70. The summed E-state index contributed by atoms with van der Waals surface area (Å²) in [6, 6.07) is 14.0. The quantitative estimate of drug-likeness (QED) is 0.520. The molecule has 3 rings (SSSR count). The van der Waals surface area contributed by atoms with Crippen molar-refractivity contribution in [3.8, 4) is 23.3 Å². The maximum absolute atomic E-state index is 11.1. The molecule has 0 aliphatic carbocycles. The summed E-state index contributed by atoms with van der Waals surface area (Å²) in [5.74, 6) is 0. The van der Waals surface area contributed by atoms with Crippen LogP contribution in [-0.4, -0.2) is 9.49 Å². The van der Waals surface area contributed by atoms with E-state index in [1.807, 2.05) is 36.7 Å². The summed E-state index contributed by atoms with van der Waals surface area (Å²) in [5, 5.41) is 30.3. The molecule has 0 aliphatic rings. The van der Waals surface area contributed by atoms with Crippen LogP contribution in [0.25, 0.3) is 22.0 Å². The van der Waals surface area contributed by atoms with E-state index in [0.29, 0.717) is 11.1 Å². The molecule has 0 radical (unpaired) electrons. The Hall–Kier alpha value is -3.64. The zero-order valence-corrected chi connectivity index (χ0v) is 13.7. The van der Waals surface area contributed by atoms with Crippen LogP contribution in [0, 0.1) is 32.8 Å². The molecular formula is C19H14N4O2. The maximum Gasteiger partial charge on any atom is 0.271 e. The monoisotopic (exact) mass is 330 g/mol. The lowest BCUT2D eigenvalue weighted by molar-refractivity contribution is -0.384. The SMILES string of the molecule is CC(C)n1cc(-c2ccc(C#N)c(C#N)c2)c2ccc([N+](=O)[O-])cc21. The van der Waals surface area contributed by atoms with Gasteiger partial charge in [-0.3, -0.25) is 10.1 Å². The first-order chi connectivity index (χ1) is 12.0. The van der Waals surface area contributed by atoms with Crippen molar-refractivity contribution in [2.75, 3.05) is 0 Å². The third-order valence-electron chi connectivity index (χ3n) is 4.16. The molecule has 25 heavy (non-hydrogen) atoms. The number of nitrogens with zero attached hydrogens (tertiary/aromatic N) is 4. The van der Waals surface area contributed by atoms with Crippen LogP contribution in [0.4, 0.5) is 5.69 Å². The summed E-state index contributed by atoms with van der Waals surface area (Å²) in [6.07, 6.45) is 1.93. The molecule has 0 N–H and O–H groups in total. The van der Waals surface area contributed by atoms with Crippen LogP contribution in [-0.2, 0) is 0 Å². The summed E-state index contributed by atoms with van der Waals surface area (Å²) in [4.78, 5) is 10.7. The fourth-order valence-corrected chi connectivity index (χ4v) is 2.91. The largest absolute Gasteiger partial charge is 0.344 e. The standard InChI is InChI=1S/C19H14N4O2/c1-12(2)22-11-18(13-3-4-14(9-20)15(7-13)10-21)17-6-5-16(23(24)25)8-19(17)22/h3-8,11-12H,1-2H3. The average molecular weight is 330 g/mol. The lowest BCUT2D eigenvalue weighted by atomic mass is 9.99. The van der Waals surface area contributed by atoms with Crippen molar-refractivity contribution in [2.45, 2.75) is 19.9 Å². The van der Waals surface area contributed by atoms with Gasteiger partial charge in [-0.1, -0.05) is 6.07 Å². The van der Waals surface area contributed by atoms with E-state index in [1.165, 1.54) is 6.07 Å². The number of fused-ring (bicyclic) bond motifs is 1. The molecule has 122 valence electrons. The second-order valence-corrected chi connectivity index (χ2v) is 5.99. The third kappa shape index (κ3) is 2.71. The van der Waals surface area contributed by atoms with Crippen LogP contribution in [0.15, 0.2) is 42.6 Å². The number of nitro groups is 1. The highest BCUT2D eigenvalue weighted by atomic mass is 16.6. The van der Waals surface area contributed by atoms with Crippen molar-refractivity contribution < 1.29 is 4.92 Å². The molecular weight excluding hydrogens is 316 g/mol. The summed E-state index contributed by atoms with van der Waals surface area (Å²) < 4.78 is 1.97. The molecule has 0 amide bonds. The van der Waals surface area contributed by atoms with Gasteiger partial charge in [-0.25, -0.2) is 0 Å². The Morgan fingerprint density at radius 3 is 2.40 bits per heavy atom. The zero-order chi connectivity index (χ0) is 18.1. The van der Waals surface area contributed by atoms with Gasteiger partial charge in [-0.2, -0.15) is 10.5 Å². The van der Waals surface area contributed by atoms with E-state index in [-0.39, 0.29) is 11.7 Å². The molecule has 0 spiro atoms. The van der Waals surface area contributed by atoms with Gasteiger partial charge in [0.2, 0.25) is 0 Å². The van der Waals surface area contributed by atoms with Crippen LogP contribution >= 0.6 is 0 Å². The third-order valence-corrected chi connectivity index (χ3v) is 4.16. The molecule has 6 nitrogen and oxygen atoms in total. The van der Waals surface area contributed by atoms with Gasteiger partial charge in [0.05, 0.1) is 21.6 Å². The normalized spacial score (nSPS) is 10.6. The van der Waals surface area contributed by atoms with E-state index < -0.39 is 4.92 Å². The molecule has 2 aromatic carbocycles. The van der Waals surface area contributed by atoms with Crippen molar-refractivity contribution in [2.24, 2.45) is 0 Å². The number of non-ortho nitro benzene ring substituents is 1. The smallest absolute Gasteiger partial charge is 0.271 e. The zero-order valence-electron chi connectivity index (χ0n) is 13.7. The summed E-state index contributed by atoms with van der Waals surface area (Å²) in [6.45, 7) is 4.00. The van der Waals surface area contributed by atoms with Crippen molar-refractivity contribution in [1.82, 2.24) is 4.57 Å². The summed E-state index contributed by atoms with van der Waals surface area (Å²) in [7, 11) is 0. The molecule has 0 unspecified atom stereocenters. The van der Waals surface area contributed by atoms with Gasteiger partial charge in [-0.05, 0) is 37.6 Å². The molecule has 3 aromatic rings. The molecule has 6 heteroatoms. The average Bonchev–Trinajstić information content (AvgIpc) is 3.00. The topological polar surface area (TPSA) is 95.7 Å². The Balaban J connectivity index is 2.29. The number of nitro benzene ring substituents is 1. The fourth-order valence-electron chi connectivity index (χ4n) is 2.91. The molecule has 0 bridgehead atoms. The fraction of sp³-hybridized carbons (Fsp3) is 0.158. The number of hydrogen-bond donors (Lipinski definition) is 0. The van der Waals surface area contributed by atoms with Crippen LogP contribution < -0.4 is 0 Å². The van der Waals surface area contributed by atoms with E-state index in [1.54, 1.807) is 30.3 Å². The highest BCUT2D eigenvalue weighted by molar-refractivity contribution is 5.97. The number of aromatic nitrogens is 1. The number of nitriles is 2. The number of rotatable bonds is 3. The predicted molar refractivity (Wildman–Crippen MR) is 93.8 cm³/mol. The first-order valence-corrected chi connectivity index (χ1v) is 7.70. The van der Waals surface area contributed by atoms with E-state index in [9.17, 15) is 15.4 Å². The lowest BCUT2D eigenvalue weighted by Crippen LogP contribution is -1.98. The second-order valence-electron chi connectivity index (χ2n) is 5.99. The Morgan fingerprint density at radius 1 is 1.08 bits per heavy atom. The Labute approximate surface area is 144 Å². The van der Waals surface area contributed by atoms with Gasteiger partial charge < -0.3 is 4.57 Å². The van der Waals surface area contributed by atoms with Gasteiger partial charge >= 0.3 is 0 Å². The molecule has 0 saturated carbocycles. The molecule has 0 saturated heterocycles. The van der Waals surface area contributed by atoms with E-state index in [4.69, 9.17) is 5.26 Å². The van der Waals surface area contributed by atoms with Crippen LogP contribution in [0.5, 0.6) is 0 Å². The van der Waals surface area contributed by atoms with Crippen molar-refractivity contribution in [3.05, 3.63) is 63.8 Å². The van der Waals surface area contributed by atoms with Crippen molar-refractivity contribution in [1.29, 1.82) is 10.5 Å². The highest BCUT2D eigenvalue weighted by Gasteiger charge is 2.16. The van der Waals surface area contributed by atoms with Gasteiger partial charge in [-0.15, -0.1) is 0 Å². The van der Waals surface area contributed by atoms with Crippen molar-refractivity contribution >= 4 is 16.6 Å². The Bertz CT molecular complexity index is 1080. The molecule has 0 aliphatic heterocycles. The van der Waals surface area contributed by atoms with E-state index in [2.05, 4.69) is 0 Å². The van der Waals surface area contributed by atoms with Gasteiger partial charge in [0, 0.05) is 35.3 Å². The van der Waals surface area contributed by atoms with Gasteiger partial charge in [0.1, 0.15) is 12.1 Å². The maximum atomic E-state index is 11.1. The number of hydrogen-bond acceptors (Lipinski definition) is 4. The minimum Gasteiger partial charge on any atom is -0.344 e. The van der Waals surface area contributed by atoms with Crippen LogP contribution in [0.2, 0.25) is 0 Å². The Kier molecular flexibility index (Phi) is 3.96. The first kappa shape index (κ1) is 16.2. The van der Waals surface area contributed by atoms with Gasteiger partial charge in [0.15, 0.2) is 0 Å². The minimum atomic E-state index is -0.410. The molecule has 1 aromatic heterocycles. The Morgan fingerprint density at radius 2 is 1.80 bits per heavy atom. The van der Waals surface area contributed by atoms with Crippen LogP contribution in [0.3, 0.4) is 0 Å². The van der Waals surface area contributed by atoms with Gasteiger partial charge in [0.25, 0.3) is 5.69 Å². The summed E-state index contributed by atoms with van der Waals surface area (Å²) >= 11 is 0.